The van der Waals surface area contributed by atoms with Gasteiger partial charge in [-0.15, -0.1) is 22.9 Å². The summed E-state index contributed by atoms with van der Waals surface area (Å²) in [5.74, 6) is 0.683. The van der Waals surface area contributed by atoms with Crippen LogP contribution in [-0.2, 0) is 11.2 Å². The molecule has 1 amide bonds. The van der Waals surface area contributed by atoms with Gasteiger partial charge >= 0.3 is 0 Å². The van der Waals surface area contributed by atoms with Gasteiger partial charge in [-0.25, -0.2) is 0 Å². The first-order valence-corrected chi connectivity index (χ1v) is 7.42. The Morgan fingerprint density at radius 2 is 2.18 bits per heavy atom. The minimum Gasteiger partial charge on any atom is -0.355 e. The van der Waals surface area contributed by atoms with Crippen molar-refractivity contribution in [2.75, 3.05) is 12.4 Å². The highest BCUT2D eigenvalue weighted by atomic mass is 35.5. The Kier molecular flexibility index (Phi) is 6.00. The Bertz CT molecular complexity index is 325. The number of carbonyl (C=O) groups excluding carboxylic acids is 1. The van der Waals surface area contributed by atoms with E-state index in [0.29, 0.717) is 18.8 Å². The van der Waals surface area contributed by atoms with Gasteiger partial charge in [0.25, 0.3) is 0 Å². The lowest BCUT2D eigenvalue weighted by Crippen LogP contribution is -2.38. The van der Waals surface area contributed by atoms with Crippen LogP contribution in [0.3, 0.4) is 0 Å². The summed E-state index contributed by atoms with van der Waals surface area (Å²) in [6, 6.07) is 3.95. The normalized spacial score (nSPS) is 11.5. The molecule has 1 heterocycles. The third-order valence-corrected chi connectivity index (χ3v) is 4.80. The van der Waals surface area contributed by atoms with Crippen LogP contribution in [0.4, 0.5) is 0 Å². The van der Waals surface area contributed by atoms with Gasteiger partial charge < -0.3 is 5.32 Å². The highest BCUT2D eigenvalue weighted by Gasteiger charge is 2.25. The lowest BCUT2D eigenvalue weighted by Gasteiger charge is -2.29. The fraction of sp³-hybridized carbons (Fsp3) is 0.615. The summed E-state index contributed by atoms with van der Waals surface area (Å²) in [5.41, 5.74) is 0.0483. The Labute approximate surface area is 112 Å². The molecule has 4 heteroatoms. The van der Waals surface area contributed by atoms with Crippen LogP contribution in [0.2, 0.25) is 0 Å². The molecule has 0 saturated heterocycles. The fourth-order valence-corrected chi connectivity index (χ4v) is 2.83. The monoisotopic (exact) mass is 273 g/mol. The number of hydrogen-bond acceptors (Lipinski definition) is 2. The van der Waals surface area contributed by atoms with Crippen molar-refractivity contribution < 1.29 is 4.79 Å². The topological polar surface area (TPSA) is 29.1 Å². The van der Waals surface area contributed by atoms with E-state index >= 15 is 0 Å². The average Bonchev–Trinajstić information content (AvgIpc) is 2.84. The van der Waals surface area contributed by atoms with E-state index in [1.165, 1.54) is 0 Å². The van der Waals surface area contributed by atoms with Gasteiger partial charge in [0.1, 0.15) is 0 Å². The fourth-order valence-electron chi connectivity index (χ4n) is 1.66. The molecule has 17 heavy (non-hydrogen) atoms. The molecule has 96 valence electrons. The maximum absolute atomic E-state index is 11.8. The van der Waals surface area contributed by atoms with E-state index in [-0.39, 0.29) is 11.3 Å². The molecule has 1 rings (SSSR count). The summed E-state index contributed by atoms with van der Waals surface area (Å²) in [5, 5.41) is 4.99. The molecular weight excluding hydrogens is 254 g/mol. The van der Waals surface area contributed by atoms with E-state index in [9.17, 15) is 4.79 Å². The molecule has 0 spiro atoms. The number of alkyl halides is 1. The van der Waals surface area contributed by atoms with Gasteiger partial charge in [-0.1, -0.05) is 19.9 Å². The number of rotatable bonds is 7. The van der Waals surface area contributed by atoms with Crippen LogP contribution >= 0.6 is 22.9 Å². The minimum absolute atomic E-state index is 0.0483. The lowest BCUT2D eigenvalue weighted by atomic mass is 9.84. The number of nitrogens with one attached hydrogen (secondary N) is 1. The molecule has 1 aromatic rings. The smallest absolute Gasteiger partial charge is 0.225 e. The first kappa shape index (κ1) is 14.5. The molecule has 0 atom stereocenters. The summed E-state index contributed by atoms with van der Waals surface area (Å²) in [4.78, 5) is 12.9. The van der Waals surface area contributed by atoms with Gasteiger partial charge in [-0.3, -0.25) is 4.79 Å². The molecule has 0 aliphatic heterocycles. The molecule has 0 aliphatic rings. The maximum atomic E-state index is 11.8. The highest BCUT2D eigenvalue weighted by Crippen LogP contribution is 2.26. The predicted octanol–water partition coefficient (Wildman–Crippen LogP) is 3.45. The molecule has 0 saturated carbocycles. The van der Waals surface area contributed by atoms with Crippen LogP contribution in [0.25, 0.3) is 0 Å². The Morgan fingerprint density at radius 1 is 1.47 bits per heavy atom. The SMILES string of the molecule is CCC(CC)(CCl)CNC(=O)Cc1cccs1. The molecule has 0 bridgehead atoms. The van der Waals surface area contributed by atoms with Crippen LogP contribution in [0.5, 0.6) is 0 Å². The zero-order valence-electron chi connectivity index (χ0n) is 10.5. The van der Waals surface area contributed by atoms with Crippen LogP contribution in [-0.4, -0.2) is 18.3 Å². The van der Waals surface area contributed by atoms with Crippen molar-refractivity contribution in [1.82, 2.24) is 5.32 Å². The number of carbonyl (C=O) groups is 1. The quantitative estimate of drug-likeness (QED) is 0.758. The van der Waals surface area contributed by atoms with Gasteiger partial charge in [0, 0.05) is 22.7 Å². The van der Waals surface area contributed by atoms with Gasteiger partial charge in [0.05, 0.1) is 6.42 Å². The average molecular weight is 274 g/mol. The number of thiophene rings is 1. The summed E-state index contributed by atoms with van der Waals surface area (Å²) in [6.45, 7) is 4.92. The van der Waals surface area contributed by atoms with Gasteiger partial charge in [-0.05, 0) is 24.3 Å². The number of amides is 1. The summed E-state index contributed by atoms with van der Waals surface area (Å²) in [7, 11) is 0. The first-order valence-electron chi connectivity index (χ1n) is 6.01. The molecule has 1 aromatic heterocycles. The third kappa shape index (κ3) is 4.32. The van der Waals surface area contributed by atoms with Crippen LogP contribution < -0.4 is 5.32 Å². The lowest BCUT2D eigenvalue weighted by molar-refractivity contribution is -0.120. The van der Waals surface area contributed by atoms with Crippen molar-refractivity contribution in [3.05, 3.63) is 22.4 Å². The summed E-state index contributed by atoms with van der Waals surface area (Å²) in [6.07, 6.45) is 2.46. The first-order chi connectivity index (χ1) is 8.15. The highest BCUT2D eigenvalue weighted by molar-refractivity contribution is 7.10. The maximum Gasteiger partial charge on any atom is 0.225 e. The molecular formula is C13H20ClNOS. The van der Waals surface area contributed by atoms with Crippen molar-refractivity contribution in [3.8, 4) is 0 Å². The molecule has 0 radical (unpaired) electrons. The predicted molar refractivity (Wildman–Crippen MR) is 74.8 cm³/mol. The number of halogens is 1. The zero-order valence-corrected chi connectivity index (χ0v) is 12.0. The Morgan fingerprint density at radius 3 is 2.65 bits per heavy atom. The zero-order chi connectivity index (χ0) is 12.7. The Balaban J connectivity index is 2.41. The minimum atomic E-state index is 0.0483. The van der Waals surface area contributed by atoms with Crippen molar-refractivity contribution in [2.45, 2.75) is 33.1 Å². The van der Waals surface area contributed by atoms with Crippen LogP contribution in [0.15, 0.2) is 17.5 Å². The van der Waals surface area contributed by atoms with Gasteiger partial charge in [0.15, 0.2) is 0 Å². The van der Waals surface area contributed by atoms with Crippen molar-refractivity contribution in [1.29, 1.82) is 0 Å². The second-order valence-electron chi connectivity index (χ2n) is 4.37. The molecule has 0 fully saturated rings. The van der Waals surface area contributed by atoms with Crippen molar-refractivity contribution in [2.24, 2.45) is 5.41 Å². The summed E-state index contributed by atoms with van der Waals surface area (Å²) >= 11 is 7.62. The van der Waals surface area contributed by atoms with E-state index in [1.807, 2.05) is 17.5 Å². The summed E-state index contributed by atoms with van der Waals surface area (Å²) < 4.78 is 0. The van der Waals surface area contributed by atoms with Crippen molar-refractivity contribution in [3.63, 3.8) is 0 Å². The van der Waals surface area contributed by atoms with Gasteiger partial charge in [0.2, 0.25) is 5.91 Å². The van der Waals surface area contributed by atoms with E-state index < -0.39 is 0 Å². The second-order valence-corrected chi connectivity index (χ2v) is 5.67. The third-order valence-electron chi connectivity index (χ3n) is 3.36. The largest absolute Gasteiger partial charge is 0.355 e. The standard InChI is InChI=1S/C13H20ClNOS/c1-3-13(4-2,9-14)10-15-12(16)8-11-6-5-7-17-11/h5-7H,3-4,8-10H2,1-2H3,(H,15,16). The van der Waals surface area contributed by atoms with Crippen LogP contribution in [0, 0.1) is 5.41 Å². The molecule has 0 aromatic carbocycles. The van der Waals surface area contributed by atoms with Crippen LogP contribution in [0.1, 0.15) is 31.6 Å². The molecule has 0 aliphatic carbocycles. The second kappa shape index (κ2) is 7.02. The van der Waals surface area contributed by atoms with E-state index in [1.54, 1.807) is 11.3 Å². The Hall–Kier alpha value is -0.540. The van der Waals surface area contributed by atoms with E-state index in [2.05, 4.69) is 19.2 Å². The van der Waals surface area contributed by atoms with E-state index in [4.69, 9.17) is 11.6 Å². The molecule has 0 unspecified atom stereocenters. The van der Waals surface area contributed by atoms with Crippen molar-refractivity contribution >= 4 is 28.8 Å². The van der Waals surface area contributed by atoms with Gasteiger partial charge in [-0.2, -0.15) is 0 Å². The molecule has 2 nitrogen and oxygen atoms in total. The molecule has 1 N–H and O–H groups in total. The van der Waals surface area contributed by atoms with E-state index in [0.717, 1.165) is 17.7 Å². The number of hydrogen-bond donors (Lipinski definition) is 1.